The molecule has 0 fully saturated rings. The fraction of sp³-hybridized carbons (Fsp3) is 0.182. The number of thiophene rings is 1. The van der Waals surface area contributed by atoms with Gasteiger partial charge in [-0.15, -0.1) is 22.9 Å². The second-order valence-corrected chi connectivity index (χ2v) is 5.07. The third kappa shape index (κ3) is 2.71. The minimum absolute atomic E-state index is 0.00935. The topological polar surface area (TPSA) is 12.9 Å². The van der Waals surface area contributed by atoms with Crippen LogP contribution in [0.5, 0.6) is 0 Å². The molecule has 0 aliphatic carbocycles. The Labute approximate surface area is 103 Å². The third-order valence-electron chi connectivity index (χ3n) is 2.11. The molecule has 15 heavy (non-hydrogen) atoms. The Balaban J connectivity index is 2.13. The number of aromatic nitrogens is 1. The van der Waals surface area contributed by atoms with Gasteiger partial charge >= 0.3 is 0 Å². The van der Waals surface area contributed by atoms with Gasteiger partial charge < -0.3 is 0 Å². The molecule has 0 amide bonds. The van der Waals surface area contributed by atoms with Crippen molar-refractivity contribution < 1.29 is 0 Å². The lowest BCUT2D eigenvalue weighted by Crippen LogP contribution is -1.94. The van der Waals surface area contributed by atoms with Gasteiger partial charge in [0.15, 0.2) is 0 Å². The molecule has 0 N–H and O–H groups in total. The summed E-state index contributed by atoms with van der Waals surface area (Å²) in [6.07, 6.45) is 4.12. The molecule has 2 aromatic heterocycles. The number of rotatable bonds is 3. The zero-order valence-corrected chi connectivity index (χ0v) is 10.2. The van der Waals surface area contributed by atoms with E-state index in [1.54, 1.807) is 23.7 Å². The van der Waals surface area contributed by atoms with E-state index in [1.807, 2.05) is 23.6 Å². The highest BCUT2D eigenvalue weighted by Gasteiger charge is 2.11. The zero-order valence-electron chi connectivity index (χ0n) is 7.86. The molecule has 0 saturated heterocycles. The minimum Gasteiger partial charge on any atom is -0.263 e. The van der Waals surface area contributed by atoms with Crippen LogP contribution in [0.15, 0.2) is 36.0 Å². The molecule has 1 atom stereocenters. The van der Waals surface area contributed by atoms with Gasteiger partial charge in [0, 0.05) is 17.3 Å². The van der Waals surface area contributed by atoms with Gasteiger partial charge in [-0.05, 0) is 29.5 Å². The Hall–Kier alpha value is -0.570. The highest BCUT2D eigenvalue weighted by molar-refractivity contribution is 7.10. The van der Waals surface area contributed by atoms with E-state index in [0.717, 1.165) is 12.0 Å². The van der Waals surface area contributed by atoms with Crippen molar-refractivity contribution in [3.05, 3.63) is 51.4 Å². The fourth-order valence-corrected chi connectivity index (χ4v) is 2.62. The Bertz CT molecular complexity index is 428. The summed E-state index contributed by atoms with van der Waals surface area (Å²) in [6.45, 7) is 0. The maximum absolute atomic E-state index is 6.29. The molecule has 0 spiro atoms. The van der Waals surface area contributed by atoms with E-state index < -0.39 is 0 Å². The summed E-state index contributed by atoms with van der Waals surface area (Å²) in [5.74, 6) is 0. The number of alkyl halides is 1. The van der Waals surface area contributed by atoms with E-state index in [0.29, 0.717) is 5.02 Å². The van der Waals surface area contributed by atoms with Crippen LogP contribution in [0.2, 0.25) is 5.02 Å². The molecule has 0 aliphatic rings. The van der Waals surface area contributed by atoms with Gasteiger partial charge in [0.1, 0.15) is 0 Å². The largest absolute Gasteiger partial charge is 0.263 e. The van der Waals surface area contributed by atoms with Crippen molar-refractivity contribution in [1.82, 2.24) is 4.98 Å². The molecule has 1 nitrogen and oxygen atoms in total. The number of pyridine rings is 1. The van der Waals surface area contributed by atoms with Gasteiger partial charge in [0.2, 0.25) is 0 Å². The van der Waals surface area contributed by atoms with Crippen LogP contribution in [0, 0.1) is 0 Å². The highest BCUT2D eigenvalue weighted by Crippen LogP contribution is 2.30. The van der Waals surface area contributed by atoms with Crippen molar-refractivity contribution in [2.24, 2.45) is 0 Å². The molecule has 2 aromatic rings. The van der Waals surface area contributed by atoms with Crippen LogP contribution < -0.4 is 0 Å². The summed E-state index contributed by atoms with van der Waals surface area (Å²) >= 11 is 14.0. The lowest BCUT2D eigenvalue weighted by atomic mass is 10.1. The van der Waals surface area contributed by atoms with Crippen LogP contribution in [-0.2, 0) is 6.42 Å². The fourth-order valence-electron chi connectivity index (χ4n) is 1.33. The Morgan fingerprint density at radius 3 is 2.93 bits per heavy atom. The highest BCUT2D eigenvalue weighted by atomic mass is 35.5. The molecule has 78 valence electrons. The number of nitrogens with zero attached hydrogens (tertiary/aromatic N) is 1. The van der Waals surface area contributed by atoms with Crippen molar-refractivity contribution in [2.45, 2.75) is 11.8 Å². The van der Waals surface area contributed by atoms with Crippen LogP contribution in [0.25, 0.3) is 0 Å². The summed E-state index contributed by atoms with van der Waals surface area (Å²) in [5.41, 5.74) is 1.04. The summed E-state index contributed by atoms with van der Waals surface area (Å²) in [5, 5.41) is 2.70. The van der Waals surface area contributed by atoms with E-state index >= 15 is 0 Å². The number of hydrogen-bond donors (Lipinski definition) is 0. The van der Waals surface area contributed by atoms with Crippen molar-refractivity contribution >= 4 is 34.5 Å². The molecule has 0 aromatic carbocycles. The van der Waals surface area contributed by atoms with Gasteiger partial charge in [-0.1, -0.05) is 17.7 Å². The standard InChI is InChI=1S/C11H9Cl2NS/c12-9(11-2-1-5-15-11)6-8-3-4-14-7-10(8)13/h1-5,7,9H,6H2. The zero-order chi connectivity index (χ0) is 10.7. The Morgan fingerprint density at radius 1 is 1.40 bits per heavy atom. The quantitative estimate of drug-likeness (QED) is 0.747. The summed E-state index contributed by atoms with van der Waals surface area (Å²) < 4.78 is 0. The SMILES string of the molecule is Clc1cnccc1CC(Cl)c1cccs1. The predicted octanol–water partition coefficient (Wildman–Crippen LogP) is 4.32. The van der Waals surface area contributed by atoms with Gasteiger partial charge in [-0.3, -0.25) is 4.98 Å². The summed E-state index contributed by atoms with van der Waals surface area (Å²) in [6, 6.07) is 5.95. The van der Waals surface area contributed by atoms with Gasteiger partial charge in [-0.25, -0.2) is 0 Å². The average Bonchev–Trinajstić information content (AvgIpc) is 2.74. The van der Waals surface area contributed by atoms with Crippen LogP contribution in [0.3, 0.4) is 0 Å². The molecule has 0 bridgehead atoms. The van der Waals surface area contributed by atoms with Crippen molar-refractivity contribution in [3.63, 3.8) is 0 Å². The van der Waals surface area contributed by atoms with Crippen LogP contribution in [0.1, 0.15) is 15.8 Å². The smallest absolute Gasteiger partial charge is 0.0719 e. The van der Waals surface area contributed by atoms with E-state index in [4.69, 9.17) is 23.2 Å². The van der Waals surface area contributed by atoms with E-state index in [9.17, 15) is 0 Å². The normalized spacial score (nSPS) is 12.7. The second-order valence-electron chi connectivity index (χ2n) is 3.15. The molecule has 0 radical (unpaired) electrons. The minimum atomic E-state index is -0.00935. The summed E-state index contributed by atoms with van der Waals surface area (Å²) in [7, 11) is 0. The molecule has 1 unspecified atom stereocenters. The molecule has 2 heterocycles. The summed E-state index contributed by atoms with van der Waals surface area (Å²) in [4.78, 5) is 5.11. The van der Waals surface area contributed by atoms with Crippen LogP contribution >= 0.6 is 34.5 Å². The third-order valence-corrected chi connectivity index (χ3v) is 3.95. The maximum Gasteiger partial charge on any atom is 0.0719 e. The predicted molar refractivity (Wildman–Crippen MR) is 65.9 cm³/mol. The van der Waals surface area contributed by atoms with Gasteiger partial charge in [0.05, 0.1) is 10.4 Å². The van der Waals surface area contributed by atoms with E-state index in [2.05, 4.69) is 4.98 Å². The molecular formula is C11H9Cl2NS. The first-order valence-corrected chi connectivity index (χ1v) is 6.22. The lowest BCUT2D eigenvalue weighted by molar-refractivity contribution is 0.936. The van der Waals surface area contributed by atoms with Crippen molar-refractivity contribution in [2.75, 3.05) is 0 Å². The van der Waals surface area contributed by atoms with Crippen LogP contribution in [-0.4, -0.2) is 4.98 Å². The Kier molecular flexibility index (Phi) is 3.62. The van der Waals surface area contributed by atoms with E-state index in [-0.39, 0.29) is 5.38 Å². The molecule has 0 aliphatic heterocycles. The first-order chi connectivity index (χ1) is 7.27. The number of hydrogen-bond acceptors (Lipinski definition) is 2. The monoisotopic (exact) mass is 257 g/mol. The second kappa shape index (κ2) is 4.97. The lowest BCUT2D eigenvalue weighted by Gasteiger charge is -2.08. The first kappa shape index (κ1) is 10.9. The average molecular weight is 258 g/mol. The molecule has 0 saturated carbocycles. The molecule has 2 rings (SSSR count). The molecular weight excluding hydrogens is 249 g/mol. The first-order valence-electron chi connectivity index (χ1n) is 4.53. The van der Waals surface area contributed by atoms with E-state index in [1.165, 1.54) is 4.88 Å². The van der Waals surface area contributed by atoms with Crippen LogP contribution in [0.4, 0.5) is 0 Å². The van der Waals surface area contributed by atoms with Gasteiger partial charge in [0.25, 0.3) is 0 Å². The van der Waals surface area contributed by atoms with Crippen molar-refractivity contribution in [1.29, 1.82) is 0 Å². The number of halogens is 2. The Morgan fingerprint density at radius 2 is 2.27 bits per heavy atom. The maximum atomic E-state index is 6.29. The van der Waals surface area contributed by atoms with Crippen molar-refractivity contribution in [3.8, 4) is 0 Å². The molecule has 4 heteroatoms. The van der Waals surface area contributed by atoms with Gasteiger partial charge in [-0.2, -0.15) is 0 Å².